The van der Waals surface area contributed by atoms with Gasteiger partial charge in [0.05, 0.1) is 18.0 Å². The predicted octanol–water partition coefficient (Wildman–Crippen LogP) is 1.79. The van der Waals surface area contributed by atoms with Crippen LogP contribution in [0, 0.1) is 0 Å². The Kier molecular flexibility index (Phi) is 4.65. The van der Waals surface area contributed by atoms with Crippen LogP contribution in [0.2, 0.25) is 0 Å². The number of aromatic nitrogens is 1. The minimum Gasteiger partial charge on any atom is -0.397 e. The van der Waals surface area contributed by atoms with Crippen molar-refractivity contribution in [2.24, 2.45) is 0 Å². The molecule has 114 valence electrons. The number of pyridine rings is 1. The van der Waals surface area contributed by atoms with Gasteiger partial charge in [-0.2, -0.15) is 11.8 Å². The summed E-state index contributed by atoms with van der Waals surface area (Å²) in [5, 5.41) is 0. The largest absolute Gasteiger partial charge is 0.397 e. The molecule has 2 fully saturated rings. The van der Waals surface area contributed by atoms with Gasteiger partial charge in [0, 0.05) is 24.9 Å². The number of nitrogens with two attached hydrogens (primary N) is 1. The molecule has 2 aliphatic rings. The number of hydrogen-bond acceptors (Lipinski definition) is 5. The molecule has 0 aromatic carbocycles. The fourth-order valence-corrected chi connectivity index (χ4v) is 4.08. The standard InChI is InChI=1S/C15H21N3O2S/c16-11-3-4-14(17-8-11)15(19)18(12-5-7-21-10-12)9-13-2-1-6-20-13/h3-4,8,12-13H,1-2,5-7,9-10,16H2. The van der Waals surface area contributed by atoms with Gasteiger partial charge in [-0.1, -0.05) is 0 Å². The molecule has 0 saturated carbocycles. The van der Waals surface area contributed by atoms with Crippen molar-refractivity contribution in [2.75, 3.05) is 30.4 Å². The average molecular weight is 307 g/mol. The average Bonchev–Trinajstić information content (AvgIpc) is 3.18. The first-order chi connectivity index (χ1) is 10.2. The quantitative estimate of drug-likeness (QED) is 0.918. The van der Waals surface area contributed by atoms with Crippen molar-refractivity contribution in [1.29, 1.82) is 0 Å². The van der Waals surface area contributed by atoms with Crippen molar-refractivity contribution in [3.05, 3.63) is 24.0 Å². The van der Waals surface area contributed by atoms with Crippen molar-refractivity contribution < 1.29 is 9.53 Å². The van der Waals surface area contributed by atoms with E-state index in [4.69, 9.17) is 10.5 Å². The highest BCUT2D eigenvalue weighted by Crippen LogP contribution is 2.25. The summed E-state index contributed by atoms with van der Waals surface area (Å²) in [7, 11) is 0. The summed E-state index contributed by atoms with van der Waals surface area (Å²) in [5.74, 6) is 2.13. The number of nitrogen functional groups attached to an aromatic ring is 1. The van der Waals surface area contributed by atoms with Gasteiger partial charge < -0.3 is 15.4 Å². The molecule has 3 rings (SSSR count). The van der Waals surface area contributed by atoms with Gasteiger partial charge >= 0.3 is 0 Å². The molecular formula is C15H21N3O2S. The van der Waals surface area contributed by atoms with Gasteiger partial charge in [-0.3, -0.25) is 4.79 Å². The van der Waals surface area contributed by atoms with Gasteiger partial charge in [-0.15, -0.1) is 0 Å². The number of nitrogens with zero attached hydrogens (tertiary/aromatic N) is 2. The zero-order valence-corrected chi connectivity index (χ0v) is 12.8. The van der Waals surface area contributed by atoms with Crippen LogP contribution >= 0.6 is 11.8 Å². The van der Waals surface area contributed by atoms with E-state index in [-0.39, 0.29) is 12.0 Å². The van der Waals surface area contributed by atoms with E-state index in [1.165, 1.54) is 0 Å². The molecule has 2 aliphatic heterocycles. The molecule has 0 radical (unpaired) electrons. The second-order valence-electron chi connectivity index (χ2n) is 5.59. The van der Waals surface area contributed by atoms with Gasteiger partial charge in [0.2, 0.25) is 0 Å². The minimum atomic E-state index is -0.00185. The van der Waals surface area contributed by atoms with Crippen LogP contribution < -0.4 is 5.73 Å². The lowest BCUT2D eigenvalue weighted by Gasteiger charge is -2.30. The third-order valence-corrected chi connectivity index (χ3v) is 5.18. The molecule has 5 nitrogen and oxygen atoms in total. The number of anilines is 1. The molecule has 2 N–H and O–H groups in total. The van der Waals surface area contributed by atoms with Crippen molar-refractivity contribution >= 4 is 23.4 Å². The Bertz CT molecular complexity index is 482. The Balaban J connectivity index is 1.76. The molecule has 0 aliphatic carbocycles. The molecule has 2 atom stereocenters. The number of hydrogen-bond donors (Lipinski definition) is 1. The number of carbonyl (C=O) groups excluding carboxylic acids is 1. The molecule has 21 heavy (non-hydrogen) atoms. The maximum absolute atomic E-state index is 12.8. The lowest BCUT2D eigenvalue weighted by Crippen LogP contribution is -2.45. The lowest BCUT2D eigenvalue weighted by atomic mass is 10.1. The fourth-order valence-electron chi connectivity index (χ4n) is 2.85. The molecule has 3 heterocycles. The topological polar surface area (TPSA) is 68.5 Å². The van der Waals surface area contributed by atoms with Gasteiger partial charge in [0.15, 0.2) is 0 Å². The Morgan fingerprint density at radius 1 is 1.48 bits per heavy atom. The number of ether oxygens (including phenoxy) is 1. The first-order valence-electron chi connectivity index (χ1n) is 7.46. The van der Waals surface area contributed by atoms with Crippen LogP contribution in [-0.2, 0) is 4.74 Å². The summed E-state index contributed by atoms with van der Waals surface area (Å²) >= 11 is 1.91. The summed E-state index contributed by atoms with van der Waals surface area (Å²) < 4.78 is 5.71. The van der Waals surface area contributed by atoms with E-state index in [0.29, 0.717) is 24.0 Å². The Labute approximate surface area is 129 Å². The SMILES string of the molecule is Nc1ccc(C(=O)N(CC2CCCO2)C2CCSC2)nc1. The number of carbonyl (C=O) groups is 1. The highest BCUT2D eigenvalue weighted by Gasteiger charge is 2.31. The third kappa shape index (κ3) is 3.49. The van der Waals surface area contributed by atoms with Crippen LogP contribution in [0.15, 0.2) is 18.3 Å². The zero-order valence-electron chi connectivity index (χ0n) is 12.0. The predicted molar refractivity (Wildman–Crippen MR) is 84.4 cm³/mol. The Morgan fingerprint density at radius 3 is 3.00 bits per heavy atom. The van der Waals surface area contributed by atoms with E-state index in [0.717, 1.165) is 37.4 Å². The Hall–Kier alpha value is -1.27. The van der Waals surface area contributed by atoms with Crippen molar-refractivity contribution in [1.82, 2.24) is 9.88 Å². The first kappa shape index (κ1) is 14.7. The molecular weight excluding hydrogens is 286 g/mol. The van der Waals surface area contributed by atoms with Gasteiger partial charge in [-0.25, -0.2) is 4.98 Å². The van der Waals surface area contributed by atoms with Crippen LogP contribution in [-0.4, -0.2) is 52.6 Å². The monoisotopic (exact) mass is 307 g/mol. The zero-order chi connectivity index (χ0) is 14.7. The summed E-state index contributed by atoms with van der Waals surface area (Å²) in [6.45, 7) is 1.49. The van der Waals surface area contributed by atoms with Crippen LogP contribution in [0.4, 0.5) is 5.69 Å². The molecule has 0 spiro atoms. The summed E-state index contributed by atoms with van der Waals surface area (Å²) in [6.07, 6.45) is 4.90. The van der Waals surface area contributed by atoms with Crippen LogP contribution in [0.5, 0.6) is 0 Å². The molecule has 1 aromatic heterocycles. The van der Waals surface area contributed by atoms with E-state index in [9.17, 15) is 4.79 Å². The van der Waals surface area contributed by atoms with Crippen molar-refractivity contribution in [3.63, 3.8) is 0 Å². The first-order valence-corrected chi connectivity index (χ1v) is 8.61. The second kappa shape index (κ2) is 6.66. The van der Waals surface area contributed by atoms with E-state index < -0.39 is 0 Å². The molecule has 2 saturated heterocycles. The smallest absolute Gasteiger partial charge is 0.272 e. The minimum absolute atomic E-state index is 0.00185. The maximum atomic E-state index is 12.8. The number of thioether (sulfide) groups is 1. The van der Waals surface area contributed by atoms with E-state index in [2.05, 4.69) is 4.98 Å². The van der Waals surface area contributed by atoms with E-state index in [1.54, 1.807) is 18.3 Å². The van der Waals surface area contributed by atoms with Gasteiger partial charge in [-0.05, 0) is 37.1 Å². The van der Waals surface area contributed by atoms with Crippen LogP contribution in [0.3, 0.4) is 0 Å². The van der Waals surface area contributed by atoms with E-state index >= 15 is 0 Å². The number of amides is 1. The molecule has 6 heteroatoms. The Morgan fingerprint density at radius 2 is 2.38 bits per heavy atom. The molecule has 0 bridgehead atoms. The maximum Gasteiger partial charge on any atom is 0.272 e. The van der Waals surface area contributed by atoms with Crippen LogP contribution in [0.25, 0.3) is 0 Å². The summed E-state index contributed by atoms with van der Waals surface area (Å²) in [6, 6.07) is 3.74. The van der Waals surface area contributed by atoms with Crippen molar-refractivity contribution in [3.8, 4) is 0 Å². The normalized spacial score (nSPS) is 25.1. The lowest BCUT2D eigenvalue weighted by molar-refractivity contribution is 0.0437. The summed E-state index contributed by atoms with van der Waals surface area (Å²) in [4.78, 5) is 18.9. The van der Waals surface area contributed by atoms with Crippen molar-refractivity contribution in [2.45, 2.75) is 31.4 Å². The highest BCUT2D eigenvalue weighted by molar-refractivity contribution is 7.99. The molecule has 1 aromatic rings. The van der Waals surface area contributed by atoms with Crippen LogP contribution in [0.1, 0.15) is 29.8 Å². The number of rotatable bonds is 4. The molecule has 2 unspecified atom stereocenters. The van der Waals surface area contributed by atoms with E-state index in [1.807, 2.05) is 16.7 Å². The second-order valence-corrected chi connectivity index (χ2v) is 6.74. The summed E-state index contributed by atoms with van der Waals surface area (Å²) in [5.41, 5.74) is 6.70. The van der Waals surface area contributed by atoms with Gasteiger partial charge in [0.1, 0.15) is 5.69 Å². The highest BCUT2D eigenvalue weighted by atomic mass is 32.2. The van der Waals surface area contributed by atoms with Gasteiger partial charge in [0.25, 0.3) is 5.91 Å². The molecule has 1 amide bonds. The third-order valence-electron chi connectivity index (χ3n) is 4.04. The fraction of sp³-hybridized carbons (Fsp3) is 0.600.